The number of rotatable bonds is 3. The molecular weight excluding hydrogens is 573 g/mol. The lowest BCUT2D eigenvalue weighted by molar-refractivity contribution is 0.576. The van der Waals surface area contributed by atoms with Gasteiger partial charge in [0, 0.05) is 45.1 Å². The second-order valence-corrected chi connectivity index (χ2v) is 13.8. The molecule has 0 bridgehead atoms. The Labute approximate surface area is 275 Å². The van der Waals surface area contributed by atoms with Crippen LogP contribution in [-0.2, 0) is 5.41 Å². The summed E-state index contributed by atoms with van der Waals surface area (Å²) in [6.07, 6.45) is 9.28. The molecule has 0 radical (unpaired) electrons. The molecule has 3 aliphatic heterocycles. The quantitative estimate of drug-likeness (QED) is 0.205. The van der Waals surface area contributed by atoms with E-state index in [4.69, 9.17) is 9.97 Å². The van der Waals surface area contributed by atoms with Gasteiger partial charge in [-0.1, -0.05) is 123 Å². The maximum atomic E-state index is 5.31. The van der Waals surface area contributed by atoms with Crippen molar-refractivity contribution in [1.29, 1.82) is 0 Å². The molecule has 5 aliphatic rings. The molecule has 2 atom stereocenters. The van der Waals surface area contributed by atoms with E-state index in [0.29, 0.717) is 5.92 Å². The van der Waals surface area contributed by atoms with E-state index in [1.165, 1.54) is 50.6 Å². The number of nitrogens with zero attached hydrogens (tertiary/aromatic N) is 4. The molecule has 4 nitrogen and oxygen atoms in total. The van der Waals surface area contributed by atoms with Crippen LogP contribution in [0.25, 0.3) is 28.1 Å². The average Bonchev–Trinajstić information content (AvgIpc) is 3.63. The molecule has 4 heterocycles. The van der Waals surface area contributed by atoms with Crippen LogP contribution >= 0.6 is 0 Å². The number of benzene rings is 4. The van der Waals surface area contributed by atoms with Crippen molar-refractivity contribution >= 4 is 22.9 Å². The maximum absolute atomic E-state index is 5.31. The van der Waals surface area contributed by atoms with Crippen molar-refractivity contribution in [3.63, 3.8) is 0 Å². The smallest absolute Gasteiger partial charge is 0.231 e. The summed E-state index contributed by atoms with van der Waals surface area (Å²) in [5, 5.41) is 0. The standard InChI is InChI=1S/C43H34N4/c1-43(2)33-20-10-12-23-38(33)46-39-24-31-29-18-9-11-22-37(29)47(40(31)25-32(39)30-19-13-21-34(43)41(30)46)42-44-35(27-14-5-3-6-15-27)26-36(45-42)28-16-7-4-8-17-28/h3-18,20-24,26,30,40H,19,25H2,1-2H3. The molecule has 2 unspecified atom stereocenters. The van der Waals surface area contributed by atoms with Crippen LogP contribution in [0.5, 0.6) is 0 Å². The zero-order valence-electron chi connectivity index (χ0n) is 26.6. The Kier molecular flexibility index (Phi) is 5.55. The van der Waals surface area contributed by atoms with E-state index in [2.05, 4.69) is 157 Å². The lowest BCUT2D eigenvalue weighted by Crippen LogP contribution is -2.35. The lowest BCUT2D eigenvalue weighted by Gasteiger charge is -2.43. The Hall–Kier alpha value is -5.48. The van der Waals surface area contributed by atoms with Crippen LogP contribution in [0.2, 0.25) is 0 Å². The van der Waals surface area contributed by atoms with Gasteiger partial charge in [-0.3, -0.25) is 0 Å². The summed E-state index contributed by atoms with van der Waals surface area (Å²) in [5.74, 6) is 1.12. The van der Waals surface area contributed by atoms with Gasteiger partial charge in [-0.25, -0.2) is 9.97 Å². The normalized spacial score (nSPS) is 21.2. The highest BCUT2D eigenvalue weighted by Gasteiger charge is 2.50. The van der Waals surface area contributed by atoms with Crippen molar-refractivity contribution in [2.24, 2.45) is 5.92 Å². The minimum Gasteiger partial charge on any atom is -0.313 e. The molecule has 47 heavy (non-hydrogen) atoms. The van der Waals surface area contributed by atoms with Gasteiger partial charge in [0.15, 0.2) is 0 Å². The summed E-state index contributed by atoms with van der Waals surface area (Å²) in [5.41, 5.74) is 16.3. The van der Waals surface area contributed by atoms with Crippen LogP contribution < -0.4 is 9.80 Å². The van der Waals surface area contributed by atoms with E-state index in [-0.39, 0.29) is 11.5 Å². The van der Waals surface area contributed by atoms with Crippen LogP contribution in [0.15, 0.2) is 156 Å². The number of para-hydroxylation sites is 2. The van der Waals surface area contributed by atoms with Crippen molar-refractivity contribution in [2.45, 2.75) is 38.1 Å². The first-order chi connectivity index (χ1) is 23.1. The molecular formula is C43H34N4. The van der Waals surface area contributed by atoms with Crippen LogP contribution in [0.3, 0.4) is 0 Å². The first-order valence-electron chi connectivity index (χ1n) is 16.7. The number of fused-ring (bicyclic) bond motifs is 7. The predicted molar refractivity (Wildman–Crippen MR) is 191 cm³/mol. The number of hydrogen-bond donors (Lipinski definition) is 0. The minimum absolute atomic E-state index is 0.0482. The van der Waals surface area contributed by atoms with Gasteiger partial charge in [-0.15, -0.1) is 0 Å². The topological polar surface area (TPSA) is 32.3 Å². The molecule has 0 fully saturated rings. The summed E-state index contributed by atoms with van der Waals surface area (Å²) in [4.78, 5) is 15.6. The van der Waals surface area contributed by atoms with Crippen molar-refractivity contribution in [3.05, 3.63) is 167 Å². The van der Waals surface area contributed by atoms with Gasteiger partial charge in [-0.05, 0) is 59.4 Å². The Morgan fingerprint density at radius 1 is 0.723 bits per heavy atom. The van der Waals surface area contributed by atoms with Gasteiger partial charge in [0.05, 0.1) is 23.1 Å². The first-order valence-corrected chi connectivity index (χ1v) is 16.7. The zero-order chi connectivity index (χ0) is 31.3. The van der Waals surface area contributed by atoms with E-state index >= 15 is 0 Å². The molecule has 10 rings (SSSR count). The van der Waals surface area contributed by atoms with Gasteiger partial charge in [-0.2, -0.15) is 0 Å². The van der Waals surface area contributed by atoms with Gasteiger partial charge in [0.2, 0.25) is 5.95 Å². The number of allylic oxidation sites excluding steroid dienone is 5. The fourth-order valence-corrected chi connectivity index (χ4v) is 8.72. The van der Waals surface area contributed by atoms with Gasteiger partial charge in [0.25, 0.3) is 0 Å². The largest absolute Gasteiger partial charge is 0.313 e. The van der Waals surface area contributed by atoms with Gasteiger partial charge >= 0.3 is 0 Å². The van der Waals surface area contributed by atoms with E-state index in [0.717, 1.165) is 41.3 Å². The molecule has 2 aliphatic carbocycles. The van der Waals surface area contributed by atoms with Crippen molar-refractivity contribution < 1.29 is 0 Å². The minimum atomic E-state index is -0.0482. The summed E-state index contributed by atoms with van der Waals surface area (Å²) in [6.45, 7) is 4.78. The maximum Gasteiger partial charge on any atom is 0.231 e. The average molecular weight is 607 g/mol. The molecule has 0 amide bonds. The molecule has 4 heteroatoms. The van der Waals surface area contributed by atoms with E-state index in [1.54, 1.807) is 0 Å². The summed E-state index contributed by atoms with van der Waals surface area (Å²) in [7, 11) is 0. The van der Waals surface area contributed by atoms with Crippen molar-refractivity contribution in [2.75, 3.05) is 9.80 Å². The molecule has 1 aromatic heterocycles. The molecule has 0 N–H and O–H groups in total. The molecule has 0 saturated carbocycles. The van der Waals surface area contributed by atoms with Crippen molar-refractivity contribution in [1.82, 2.24) is 9.97 Å². The molecule has 226 valence electrons. The number of anilines is 3. The van der Waals surface area contributed by atoms with E-state index in [1.807, 2.05) is 0 Å². The third-order valence-corrected chi connectivity index (χ3v) is 10.9. The zero-order valence-corrected chi connectivity index (χ0v) is 26.6. The molecule has 0 saturated heterocycles. The van der Waals surface area contributed by atoms with Crippen LogP contribution in [0.1, 0.15) is 37.8 Å². The second-order valence-electron chi connectivity index (χ2n) is 13.8. The highest BCUT2D eigenvalue weighted by atomic mass is 15.3. The highest BCUT2D eigenvalue weighted by molar-refractivity contribution is 5.95. The van der Waals surface area contributed by atoms with Crippen LogP contribution in [0, 0.1) is 5.92 Å². The predicted octanol–water partition coefficient (Wildman–Crippen LogP) is 10.0. The highest BCUT2D eigenvalue weighted by Crippen LogP contribution is 2.60. The Morgan fingerprint density at radius 3 is 2.09 bits per heavy atom. The Morgan fingerprint density at radius 2 is 1.36 bits per heavy atom. The number of aromatic nitrogens is 2. The van der Waals surface area contributed by atoms with E-state index < -0.39 is 0 Å². The number of hydrogen-bond acceptors (Lipinski definition) is 4. The fourth-order valence-electron chi connectivity index (χ4n) is 8.72. The summed E-state index contributed by atoms with van der Waals surface area (Å²) < 4.78 is 0. The lowest BCUT2D eigenvalue weighted by atomic mass is 9.69. The van der Waals surface area contributed by atoms with Gasteiger partial charge in [0.1, 0.15) is 0 Å². The molecule has 4 aromatic carbocycles. The third-order valence-electron chi connectivity index (χ3n) is 10.9. The van der Waals surface area contributed by atoms with Crippen LogP contribution in [0.4, 0.5) is 17.3 Å². The van der Waals surface area contributed by atoms with E-state index in [9.17, 15) is 0 Å². The summed E-state index contributed by atoms with van der Waals surface area (Å²) >= 11 is 0. The van der Waals surface area contributed by atoms with Crippen molar-refractivity contribution in [3.8, 4) is 22.5 Å². The monoisotopic (exact) mass is 606 g/mol. The third kappa shape index (κ3) is 3.76. The van der Waals surface area contributed by atoms with Crippen LogP contribution in [-0.4, -0.2) is 16.0 Å². The molecule has 0 spiro atoms. The SMILES string of the molecule is CC1(C)C2=C3C(CC=C2)C2=C(C=C4c5ccccc5N(c5nc(-c6ccccc6)cc(-c6ccccc6)n5)C4C2)N3c2ccccc21. The second kappa shape index (κ2) is 9.76. The summed E-state index contributed by atoms with van der Waals surface area (Å²) in [6, 6.07) is 41.1. The molecule has 5 aromatic rings. The fraction of sp³-hybridized carbons (Fsp3) is 0.163. The first kappa shape index (κ1) is 26.7. The Balaban J connectivity index is 1.16. The Bertz CT molecular complexity index is 2180. The van der Waals surface area contributed by atoms with Gasteiger partial charge < -0.3 is 9.80 Å².